The summed E-state index contributed by atoms with van der Waals surface area (Å²) in [6.45, 7) is 0.162. The lowest BCUT2D eigenvalue weighted by atomic mass is 10.2. The molecule has 5 heteroatoms. The zero-order valence-electron chi connectivity index (χ0n) is 11.0. The van der Waals surface area contributed by atoms with Crippen molar-refractivity contribution in [3.05, 3.63) is 64.8 Å². The number of hydrogen-bond donors (Lipinski definition) is 1. The van der Waals surface area contributed by atoms with Gasteiger partial charge in [-0.2, -0.15) is 0 Å². The zero-order valence-corrected chi connectivity index (χ0v) is 11.8. The first-order valence-electron chi connectivity index (χ1n) is 6.32. The summed E-state index contributed by atoms with van der Waals surface area (Å²) < 4.78 is 19.7. The van der Waals surface area contributed by atoms with Gasteiger partial charge in [-0.3, -0.25) is 0 Å². The number of fused-ring (bicyclic) bond motifs is 1. The van der Waals surface area contributed by atoms with Crippen LogP contribution in [0.25, 0.3) is 10.1 Å². The van der Waals surface area contributed by atoms with Crippen LogP contribution in [0.5, 0.6) is 0 Å². The van der Waals surface area contributed by atoms with Gasteiger partial charge in [0.25, 0.3) is 0 Å². The SMILES string of the molecule is Nc1ccc(C(=O)OCc2csc3ccccc23)cc1F. The maximum Gasteiger partial charge on any atom is 0.338 e. The molecule has 0 fully saturated rings. The van der Waals surface area contributed by atoms with Crippen molar-refractivity contribution in [2.45, 2.75) is 6.61 Å². The summed E-state index contributed by atoms with van der Waals surface area (Å²) in [5, 5.41) is 3.03. The number of nitrogen functional groups attached to an aromatic ring is 1. The van der Waals surface area contributed by atoms with E-state index < -0.39 is 11.8 Å². The first-order valence-corrected chi connectivity index (χ1v) is 7.20. The molecule has 3 aromatic rings. The summed E-state index contributed by atoms with van der Waals surface area (Å²) >= 11 is 1.60. The molecular weight excluding hydrogens is 289 g/mol. The molecule has 21 heavy (non-hydrogen) atoms. The van der Waals surface area contributed by atoms with Gasteiger partial charge < -0.3 is 10.5 Å². The summed E-state index contributed by atoms with van der Waals surface area (Å²) in [5.41, 5.74) is 6.48. The first kappa shape index (κ1) is 13.6. The van der Waals surface area contributed by atoms with Crippen molar-refractivity contribution in [1.82, 2.24) is 0 Å². The highest BCUT2D eigenvalue weighted by atomic mass is 32.1. The van der Waals surface area contributed by atoms with Crippen LogP contribution >= 0.6 is 11.3 Å². The van der Waals surface area contributed by atoms with E-state index in [0.717, 1.165) is 21.7 Å². The largest absolute Gasteiger partial charge is 0.457 e. The third-order valence-corrected chi connectivity index (χ3v) is 4.17. The molecule has 0 saturated heterocycles. The van der Waals surface area contributed by atoms with Crippen LogP contribution in [-0.4, -0.2) is 5.97 Å². The van der Waals surface area contributed by atoms with Crippen LogP contribution in [-0.2, 0) is 11.3 Å². The molecule has 0 amide bonds. The van der Waals surface area contributed by atoms with Gasteiger partial charge in [0.05, 0.1) is 11.3 Å². The molecule has 1 aromatic heterocycles. The molecule has 0 spiro atoms. The average Bonchev–Trinajstić information content (AvgIpc) is 2.91. The van der Waals surface area contributed by atoms with E-state index in [9.17, 15) is 9.18 Å². The fourth-order valence-electron chi connectivity index (χ4n) is 2.03. The van der Waals surface area contributed by atoms with Crippen LogP contribution in [0.2, 0.25) is 0 Å². The highest BCUT2D eigenvalue weighted by molar-refractivity contribution is 7.17. The number of ether oxygens (including phenoxy) is 1. The van der Waals surface area contributed by atoms with Crippen molar-refractivity contribution in [1.29, 1.82) is 0 Å². The Balaban J connectivity index is 1.75. The third kappa shape index (κ3) is 2.73. The standard InChI is InChI=1S/C16H12FNO2S/c17-13-7-10(5-6-14(13)18)16(19)20-8-11-9-21-15-4-2-1-3-12(11)15/h1-7,9H,8,18H2. The van der Waals surface area contributed by atoms with Crippen molar-refractivity contribution >= 4 is 33.1 Å². The Kier molecular flexibility index (Phi) is 3.58. The minimum atomic E-state index is -0.620. The number of hydrogen-bond acceptors (Lipinski definition) is 4. The molecule has 2 N–H and O–H groups in total. The maximum atomic E-state index is 13.3. The van der Waals surface area contributed by atoms with Gasteiger partial charge in [0, 0.05) is 10.3 Å². The summed E-state index contributed by atoms with van der Waals surface area (Å²) in [4.78, 5) is 11.9. The van der Waals surface area contributed by atoms with Gasteiger partial charge >= 0.3 is 5.97 Å². The Labute approximate surface area is 124 Å². The highest BCUT2D eigenvalue weighted by Gasteiger charge is 2.11. The molecule has 0 aliphatic heterocycles. The number of halogens is 1. The fraction of sp³-hybridized carbons (Fsp3) is 0.0625. The van der Waals surface area contributed by atoms with Gasteiger partial charge in [-0.25, -0.2) is 9.18 Å². The Hall–Kier alpha value is -2.40. The Morgan fingerprint density at radius 1 is 1.24 bits per heavy atom. The number of anilines is 1. The third-order valence-electron chi connectivity index (χ3n) is 3.16. The van der Waals surface area contributed by atoms with E-state index in [1.807, 2.05) is 29.6 Å². The van der Waals surface area contributed by atoms with Crippen molar-refractivity contribution in [2.75, 3.05) is 5.73 Å². The minimum Gasteiger partial charge on any atom is -0.457 e. The molecule has 2 aromatic carbocycles. The molecule has 0 bridgehead atoms. The summed E-state index contributed by atoms with van der Waals surface area (Å²) in [6.07, 6.45) is 0. The summed E-state index contributed by atoms with van der Waals surface area (Å²) in [6, 6.07) is 11.8. The molecule has 0 atom stereocenters. The Morgan fingerprint density at radius 2 is 2.05 bits per heavy atom. The van der Waals surface area contributed by atoms with E-state index in [0.29, 0.717) is 0 Å². The van der Waals surface area contributed by atoms with Crippen molar-refractivity contribution < 1.29 is 13.9 Å². The lowest BCUT2D eigenvalue weighted by Crippen LogP contribution is -2.06. The van der Waals surface area contributed by atoms with E-state index in [1.54, 1.807) is 11.3 Å². The maximum absolute atomic E-state index is 13.3. The Bertz CT molecular complexity index is 813. The van der Waals surface area contributed by atoms with Gasteiger partial charge in [0.1, 0.15) is 12.4 Å². The first-order chi connectivity index (χ1) is 10.1. The molecule has 0 unspecified atom stereocenters. The number of thiophene rings is 1. The lowest BCUT2D eigenvalue weighted by Gasteiger charge is -2.05. The summed E-state index contributed by atoms with van der Waals surface area (Å²) in [7, 11) is 0. The van der Waals surface area contributed by atoms with Crippen molar-refractivity contribution in [3.8, 4) is 0 Å². The number of carbonyl (C=O) groups is 1. The van der Waals surface area contributed by atoms with Gasteiger partial charge in [0.15, 0.2) is 0 Å². The predicted molar refractivity (Wildman–Crippen MR) is 81.8 cm³/mol. The Morgan fingerprint density at radius 3 is 2.86 bits per heavy atom. The van der Waals surface area contributed by atoms with Gasteiger partial charge in [-0.15, -0.1) is 11.3 Å². The molecule has 3 rings (SSSR count). The number of nitrogens with two attached hydrogens (primary N) is 1. The molecule has 0 aliphatic rings. The second-order valence-electron chi connectivity index (χ2n) is 4.57. The van der Waals surface area contributed by atoms with Crippen LogP contribution in [0.4, 0.5) is 10.1 Å². The fourth-order valence-corrected chi connectivity index (χ4v) is 2.97. The van der Waals surface area contributed by atoms with Crippen LogP contribution < -0.4 is 5.73 Å². The molecule has 1 heterocycles. The van der Waals surface area contributed by atoms with E-state index in [1.165, 1.54) is 12.1 Å². The predicted octanol–water partition coefficient (Wildman–Crippen LogP) is 3.98. The second kappa shape index (κ2) is 5.54. The van der Waals surface area contributed by atoms with Crippen LogP contribution in [0.1, 0.15) is 15.9 Å². The van der Waals surface area contributed by atoms with Crippen LogP contribution in [0, 0.1) is 5.82 Å². The highest BCUT2D eigenvalue weighted by Crippen LogP contribution is 2.26. The molecule has 106 valence electrons. The quantitative estimate of drug-likeness (QED) is 0.588. The van der Waals surface area contributed by atoms with Crippen LogP contribution in [0.15, 0.2) is 47.8 Å². The minimum absolute atomic E-state index is 0.00961. The van der Waals surface area contributed by atoms with E-state index in [4.69, 9.17) is 10.5 Å². The topological polar surface area (TPSA) is 52.3 Å². The van der Waals surface area contributed by atoms with E-state index >= 15 is 0 Å². The van der Waals surface area contributed by atoms with E-state index in [2.05, 4.69) is 0 Å². The number of rotatable bonds is 3. The summed E-state index contributed by atoms with van der Waals surface area (Å²) in [5.74, 6) is -1.19. The number of carbonyl (C=O) groups excluding carboxylic acids is 1. The lowest BCUT2D eigenvalue weighted by molar-refractivity contribution is 0.0474. The molecule has 0 saturated carbocycles. The van der Waals surface area contributed by atoms with Crippen molar-refractivity contribution in [2.24, 2.45) is 0 Å². The number of benzene rings is 2. The normalized spacial score (nSPS) is 10.7. The molecule has 3 nitrogen and oxygen atoms in total. The van der Waals surface area contributed by atoms with Gasteiger partial charge in [-0.05, 0) is 35.0 Å². The molecule has 0 radical (unpaired) electrons. The van der Waals surface area contributed by atoms with Crippen molar-refractivity contribution in [3.63, 3.8) is 0 Å². The monoisotopic (exact) mass is 301 g/mol. The number of esters is 1. The van der Waals surface area contributed by atoms with E-state index in [-0.39, 0.29) is 17.9 Å². The average molecular weight is 301 g/mol. The van der Waals surface area contributed by atoms with Gasteiger partial charge in [0.2, 0.25) is 0 Å². The molecule has 0 aliphatic carbocycles. The molecular formula is C16H12FNO2S. The van der Waals surface area contributed by atoms with Crippen LogP contribution in [0.3, 0.4) is 0 Å². The zero-order chi connectivity index (χ0) is 14.8. The van der Waals surface area contributed by atoms with Gasteiger partial charge in [-0.1, -0.05) is 18.2 Å². The smallest absolute Gasteiger partial charge is 0.338 e. The second-order valence-corrected chi connectivity index (χ2v) is 5.48.